The van der Waals surface area contributed by atoms with Crippen LogP contribution in [0.3, 0.4) is 0 Å². The summed E-state index contributed by atoms with van der Waals surface area (Å²) in [4.78, 5) is 83.8. The molecule has 2 atom stereocenters. The Labute approximate surface area is 345 Å². The lowest BCUT2D eigenvalue weighted by atomic mass is 9.83. The maximum atomic E-state index is 13.5. The number of imide groups is 1. The van der Waals surface area contributed by atoms with Crippen LogP contribution in [0.25, 0.3) is 0 Å². The molecule has 5 amide bonds. The zero-order chi connectivity index (χ0) is 41.6. The number of aromatic nitrogens is 2. The molecule has 3 heterocycles. The second-order valence-electron chi connectivity index (χ2n) is 13.7. The van der Waals surface area contributed by atoms with E-state index in [1.165, 1.54) is 18.5 Å². The highest BCUT2D eigenvalue weighted by Gasteiger charge is 2.35. The summed E-state index contributed by atoms with van der Waals surface area (Å²) in [5.74, 6) is 3.81. The number of rotatable bonds is 15. The van der Waals surface area contributed by atoms with Crippen LogP contribution in [0.5, 0.6) is 0 Å². The zero-order valence-electron chi connectivity index (χ0n) is 32.0. The number of ether oxygens (including phenoxy) is 2. The van der Waals surface area contributed by atoms with Gasteiger partial charge in [0.05, 0.1) is 32.0 Å². The molecule has 59 heavy (non-hydrogen) atoms. The van der Waals surface area contributed by atoms with Crippen LogP contribution in [0.2, 0.25) is 5.15 Å². The Hall–Kier alpha value is -6.47. The molecule has 4 aromatic rings. The summed E-state index contributed by atoms with van der Waals surface area (Å²) in [6, 6.07) is 17.9. The summed E-state index contributed by atoms with van der Waals surface area (Å²) in [6.45, 7) is 1.88. The molecule has 2 unspecified atom stereocenters. The Morgan fingerprint density at radius 2 is 1.53 bits per heavy atom. The maximum Gasteiger partial charge on any atom is 0.323 e. The number of halogens is 1. The number of hydrogen-bond acceptors (Lipinski definition) is 11. The quantitative estimate of drug-likeness (QED) is 0.0344. The highest BCUT2D eigenvalue weighted by Crippen LogP contribution is 2.34. The number of piperidine rings is 1. The number of amides is 5. The van der Waals surface area contributed by atoms with Crippen LogP contribution in [-0.4, -0.2) is 84.8 Å². The number of nitrogens with one attached hydrogen (secondary N) is 5. The van der Waals surface area contributed by atoms with Gasteiger partial charge in [-0.15, -0.1) is 0 Å². The maximum absolute atomic E-state index is 13.5. The number of pyridine rings is 2. The fourth-order valence-electron chi connectivity index (χ4n) is 6.66. The highest BCUT2D eigenvalue weighted by molar-refractivity contribution is 6.29. The van der Waals surface area contributed by atoms with E-state index in [4.69, 9.17) is 21.1 Å². The summed E-state index contributed by atoms with van der Waals surface area (Å²) in [5, 5.41) is 14.0. The van der Waals surface area contributed by atoms with Gasteiger partial charge in [-0.25, -0.2) is 14.8 Å². The number of carbonyl (C=O) groups is 6. The second-order valence-corrected chi connectivity index (χ2v) is 14.1. The lowest BCUT2D eigenvalue weighted by molar-refractivity contribution is -0.136. The first kappa shape index (κ1) is 42.1. The van der Waals surface area contributed by atoms with Crippen molar-refractivity contribution < 1.29 is 38.2 Å². The zero-order valence-corrected chi connectivity index (χ0v) is 32.7. The van der Waals surface area contributed by atoms with Gasteiger partial charge in [-0.05, 0) is 73.7 Å². The van der Waals surface area contributed by atoms with Gasteiger partial charge in [-0.2, -0.15) is 0 Å². The molecule has 2 aromatic carbocycles. The Kier molecular flexibility index (Phi) is 14.9. The minimum Gasteiger partial charge on any atom is -0.382 e. The van der Waals surface area contributed by atoms with Gasteiger partial charge in [-0.3, -0.25) is 29.3 Å². The van der Waals surface area contributed by atoms with Crippen LogP contribution in [0.15, 0.2) is 79.1 Å². The molecule has 1 fully saturated rings. The lowest BCUT2D eigenvalue weighted by Crippen LogP contribution is -2.41. The number of fused-ring (bicyclic) bond motifs is 1. The molecular formula is C43H42ClN7O8. The molecule has 5 N–H and O–H groups in total. The summed E-state index contributed by atoms with van der Waals surface area (Å²) < 4.78 is 11.3. The molecule has 0 radical (unpaired) electrons. The second kappa shape index (κ2) is 20.8. The molecule has 2 aliphatic rings. The normalized spacial score (nSPS) is 16.2. The summed E-state index contributed by atoms with van der Waals surface area (Å²) in [6.07, 6.45) is 4.50. The van der Waals surface area contributed by atoms with E-state index >= 15 is 0 Å². The Morgan fingerprint density at radius 1 is 0.797 bits per heavy atom. The topological polar surface area (TPSA) is 207 Å². The van der Waals surface area contributed by atoms with Gasteiger partial charge in [0.1, 0.15) is 10.8 Å². The van der Waals surface area contributed by atoms with E-state index in [-0.39, 0.29) is 60.4 Å². The third-order valence-corrected chi connectivity index (χ3v) is 9.76. The predicted octanol–water partition coefficient (Wildman–Crippen LogP) is 5.27. The van der Waals surface area contributed by atoms with Crippen molar-refractivity contribution in [3.8, 4) is 11.8 Å². The van der Waals surface area contributed by atoms with Gasteiger partial charge >= 0.3 is 6.03 Å². The Balaban J connectivity index is 0.872. The van der Waals surface area contributed by atoms with Gasteiger partial charge in [0.25, 0.3) is 5.91 Å². The number of benzene rings is 2. The Morgan fingerprint density at radius 3 is 2.31 bits per heavy atom. The monoisotopic (exact) mass is 819 g/mol. The van der Waals surface area contributed by atoms with Crippen molar-refractivity contribution in [1.29, 1.82) is 0 Å². The van der Waals surface area contributed by atoms with E-state index in [1.54, 1.807) is 60.7 Å². The minimum absolute atomic E-state index is 0.132. The third-order valence-electron chi connectivity index (χ3n) is 9.55. The first-order chi connectivity index (χ1) is 28.6. The van der Waals surface area contributed by atoms with Crippen LogP contribution in [-0.2, 0) is 19.1 Å². The van der Waals surface area contributed by atoms with E-state index in [0.717, 1.165) is 0 Å². The van der Waals surface area contributed by atoms with Crippen molar-refractivity contribution >= 4 is 64.0 Å². The van der Waals surface area contributed by atoms with Gasteiger partial charge in [0.15, 0.2) is 11.6 Å². The average molecular weight is 820 g/mol. The molecule has 2 aromatic heterocycles. The molecule has 1 aliphatic carbocycles. The van der Waals surface area contributed by atoms with Crippen LogP contribution in [0.4, 0.5) is 21.9 Å². The van der Waals surface area contributed by atoms with E-state index in [2.05, 4.69) is 48.4 Å². The standard InChI is InChI=1S/C43H42ClN7O8/c44-37-26-33(14-16-47-37)50-43(57)49-32-13-15-45-31(25-32)10-7-27-3-1-4-29(23-27)41(55)48-18-20-59-22-21-58-19-17-46-35-6-2-5-34-39(35)36(52)11-8-28(40(34)54)24-30-9-12-38(53)51-42(30)56/h1-6,13-16,23,25-26,28,30,46H,8-9,11-12,17-22,24H2,(H,48,55)(H,51,53,56)(H2,45,47,49,50,57). The molecule has 0 bridgehead atoms. The number of nitrogens with zero attached hydrogens (tertiary/aromatic N) is 2. The third kappa shape index (κ3) is 12.3. The average Bonchev–Trinajstić information content (AvgIpc) is 3.34. The summed E-state index contributed by atoms with van der Waals surface area (Å²) in [7, 11) is 0. The molecule has 0 saturated carbocycles. The predicted molar refractivity (Wildman–Crippen MR) is 219 cm³/mol. The number of carbonyl (C=O) groups excluding carboxylic acids is 6. The number of Topliss-reactive ketones (excluding diaryl/α,β-unsaturated/α-hetero) is 2. The van der Waals surface area contributed by atoms with Gasteiger partial charge in [0, 0.05) is 83.9 Å². The van der Waals surface area contributed by atoms with Crippen molar-refractivity contribution in [1.82, 2.24) is 20.6 Å². The van der Waals surface area contributed by atoms with Crippen LogP contribution < -0.4 is 26.6 Å². The van der Waals surface area contributed by atoms with Crippen molar-refractivity contribution in [2.24, 2.45) is 11.8 Å². The number of hydrogen-bond donors (Lipinski definition) is 5. The van der Waals surface area contributed by atoms with E-state index < -0.39 is 17.9 Å². The van der Waals surface area contributed by atoms with Crippen molar-refractivity contribution in [3.05, 3.63) is 112 Å². The van der Waals surface area contributed by atoms with Crippen molar-refractivity contribution in [2.75, 3.05) is 55.5 Å². The van der Waals surface area contributed by atoms with E-state index in [9.17, 15) is 28.8 Å². The molecule has 6 rings (SSSR count). The SMILES string of the molecule is O=C1CCC(CC2CCC(=O)c3c(NCCOCCOCCNC(=O)c4cccc(C#Cc5cc(NC(=O)Nc6ccnc(Cl)c6)ccn5)c4)cccc3C2=O)C(=O)N1. The fourth-order valence-corrected chi connectivity index (χ4v) is 6.84. The molecule has 304 valence electrons. The van der Waals surface area contributed by atoms with Crippen LogP contribution >= 0.6 is 11.6 Å². The molecular weight excluding hydrogens is 778 g/mol. The van der Waals surface area contributed by atoms with Crippen molar-refractivity contribution in [3.63, 3.8) is 0 Å². The van der Waals surface area contributed by atoms with Crippen molar-refractivity contribution in [2.45, 2.75) is 32.1 Å². The summed E-state index contributed by atoms with van der Waals surface area (Å²) in [5.41, 5.74) is 3.69. The molecule has 1 aliphatic heterocycles. The van der Waals surface area contributed by atoms with Gasteiger partial charge < -0.3 is 30.7 Å². The highest BCUT2D eigenvalue weighted by atomic mass is 35.5. The Bertz CT molecular complexity index is 2290. The lowest BCUT2D eigenvalue weighted by Gasteiger charge is -2.24. The summed E-state index contributed by atoms with van der Waals surface area (Å²) >= 11 is 5.87. The van der Waals surface area contributed by atoms with Crippen LogP contribution in [0, 0.1) is 23.7 Å². The number of anilines is 3. The molecule has 1 saturated heterocycles. The van der Waals surface area contributed by atoms with Gasteiger partial charge in [0.2, 0.25) is 11.8 Å². The van der Waals surface area contributed by atoms with Gasteiger partial charge in [-0.1, -0.05) is 35.7 Å². The minimum atomic E-state index is -0.477. The smallest absolute Gasteiger partial charge is 0.323 e. The largest absolute Gasteiger partial charge is 0.382 e. The molecule has 16 heteroatoms. The van der Waals surface area contributed by atoms with Crippen LogP contribution in [0.1, 0.15) is 74.4 Å². The number of ketones is 2. The van der Waals surface area contributed by atoms with E-state index in [0.29, 0.717) is 90.6 Å². The fraction of sp³-hybridized carbons (Fsp3) is 0.302. The first-order valence-corrected chi connectivity index (χ1v) is 19.5. The molecule has 0 spiro atoms. The molecule has 15 nitrogen and oxygen atoms in total. The number of urea groups is 1. The van der Waals surface area contributed by atoms with E-state index in [1.807, 2.05) is 0 Å². The first-order valence-electron chi connectivity index (χ1n) is 19.1.